The molecular formula is C21H15Cl2N3O4. The Bertz CT molecular complexity index is 1100. The van der Waals surface area contributed by atoms with E-state index in [1.165, 1.54) is 24.4 Å². The van der Waals surface area contributed by atoms with E-state index in [9.17, 15) is 14.9 Å². The van der Waals surface area contributed by atoms with Crippen molar-refractivity contribution in [3.8, 4) is 5.75 Å². The Morgan fingerprint density at radius 2 is 1.83 bits per heavy atom. The molecule has 0 aromatic heterocycles. The Hall–Kier alpha value is -3.42. The molecule has 0 heterocycles. The molecule has 3 aromatic carbocycles. The van der Waals surface area contributed by atoms with Crippen molar-refractivity contribution in [2.24, 2.45) is 5.10 Å². The van der Waals surface area contributed by atoms with Gasteiger partial charge in [-0.2, -0.15) is 5.10 Å². The van der Waals surface area contributed by atoms with Crippen LogP contribution in [0.25, 0.3) is 0 Å². The van der Waals surface area contributed by atoms with Crippen LogP contribution in [0.2, 0.25) is 10.0 Å². The lowest BCUT2D eigenvalue weighted by Crippen LogP contribution is -2.18. The summed E-state index contributed by atoms with van der Waals surface area (Å²) in [5.74, 6) is -0.118. The van der Waals surface area contributed by atoms with Gasteiger partial charge in [-0.3, -0.25) is 14.9 Å². The van der Waals surface area contributed by atoms with Gasteiger partial charge in [0.15, 0.2) is 0 Å². The van der Waals surface area contributed by atoms with Crippen LogP contribution in [0.5, 0.6) is 5.75 Å². The summed E-state index contributed by atoms with van der Waals surface area (Å²) in [6, 6.07) is 17.8. The molecule has 0 atom stereocenters. The number of carbonyl (C=O) groups is 1. The van der Waals surface area contributed by atoms with E-state index in [0.717, 1.165) is 5.56 Å². The smallest absolute Gasteiger partial charge is 0.275 e. The molecule has 1 amide bonds. The van der Waals surface area contributed by atoms with E-state index in [-0.39, 0.29) is 22.9 Å². The third-order valence-corrected chi connectivity index (χ3v) is 4.60. The highest BCUT2D eigenvalue weighted by Crippen LogP contribution is 2.21. The van der Waals surface area contributed by atoms with Gasteiger partial charge in [0, 0.05) is 27.7 Å². The van der Waals surface area contributed by atoms with E-state index in [1.807, 2.05) is 12.1 Å². The molecule has 1 N–H and O–H groups in total. The number of nitro groups is 1. The van der Waals surface area contributed by atoms with Gasteiger partial charge in [0.05, 0.1) is 16.7 Å². The number of nitrogens with one attached hydrogen (secondary N) is 1. The third kappa shape index (κ3) is 5.56. The lowest BCUT2D eigenvalue weighted by molar-refractivity contribution is -0.384. The molecule has 0 fully saturated rings. The number of rotatable bonds is 7. The zero-order chi connectivity index (χ0) is 21.5. The number of hydrogen-bond donors (Lipinski definition) is 1. The number of non-ortho nitro benzene ring substituents is 1. The van der Waals surface area contributed by atoms with Gasteiger partial charge >= 0.3 is 0 Å². The second kappa shape index (κ2) is 9.87. The number of halogens is 2. The highest BCUT2D eigenvalue weighted by atomic mass is 35.5. The number of nitrogens with zero attached hydrogens (tertiary/aromatic N) is 2. The highest BCUT2D eigenvalue weighted by molar-refractivity contribution is 6.33. The average molecular weight is 444 g/mol. The van der Waals surface area contributed by atoms with E-state index in [4.69, 9.17) is 27.9 Å². The summed E-state index contributed by atoms with van der Waals surface area (Å²) in [7, 11) is 0. The van der Waals surface area contributed by atoms with Crippen LogP contribution in [0.4, 0.5) is 5.69 Å². The Kier molecular flexibility index (Phi) is 7.00. The van der Waals surface area contributed by atoms with Crippen LogP contribution in [0.3, 0.4) is 0 Å². The monoisotopic (exact) mass is 443 g/mol. The minimum absolute atomic E-state index is 0.131. The van der Waals surface area contributed by atoms with Crippen LogP contribution in [0.1, 0.15) is 21.5 Å². The molecule has 0 aliphatic carbocycles. The minimum Gasteiger partial charge on any atom is -0.488 e. The molecule has 7 nitrogen and oxygen atoms in total. The van der Waals surface area contributed by atoms with E-state index >= 15 is 0 Å². The maximum absolute atomic E-state index is 12.5. The molecule has 3 rings (SSSR count). The van der Waals surface area contributed by atoms with E-state index in [0.29, 0.717) is 16.3 Å². The van der Waals surface area contributed by atoms with E-state index < -0.39 is 10.8 Å². The predicted octanol–water partition coefficient (Wildman–Crippen LogP) is 5.24. The number of benzene rings is 3. The summed E-state index contributed by atoms with van der Waals surface area (Å²) in [6.45, 7) is 0.258. The number of ether oxygens (including phenoxy) is 1. The lowest BCUT2D eigenvalue weighted by Gasteiger charge is -2.10. The highest BCUT2D eigenvalue weighted by Gasteiger charge is 2.12. The number of carbonyl (C=O) groups excluding carboxylic acids is 1. The van der Waals surface area contributed by atoms with Crippen LogP contribution < -0.4 is 10.2 Å². The number of hydrazone groups is 1. The summed E-state index contributed by atoms with van der Waals surface area (Å²) < 4.78 is 5.76. The molecule has 0 saturated carbocycles. The quantitative estimate of drug-likeness (QED) is 0.306. The largest absolute Gasteiger partial charge is 0.488 e. The molecular weight excluding hydrogens is 429 g/mol. The number of amides is 1. The van der Waals surface area contributed by atoms with E-state index in [1.54, 1.807) is 36.4 Å². The first-order chi connectivity index (χ1) is 14.4. The normalized spacial score (nSPS) is 10.7. The molecule has 0 spiro atoms. The number of nitro benzene ring substituents is 1. The Balaban J connectivity index is 1.69. The average Bonchev–Trinajstić information content (AvgIpc) is 2.74. The van der Waals surface area contributed by atoms with Crippen LogP contribution in [0, 0.1) is 10.1 Å². The van der Waals surface area contributed by atoms with Gasteiger partial charge in [-0.15, -0.1) is 0 Å². The maximum atomic E-state index is 12.5. The SMILES string of the molecule is O=C(N/N=C\c1cc([N+](=O)[O-])ccc1Cl)c1ccccc1OCc1ccc(Cl)cc1. The Morgan fingerprint density at radius 1 is 1.10 bits per heavy atom. The first kappa shape index (κ1) is 21.3. The fourth-order valence-electron chi connectivity index (χ4n) is 2.49. The Labute approximate surface area is 182 Å². The van der Waals surface area contributed by atoms with E-state index in [2.05, 4.69) is 10.5 Å². The molecule has 3 aromatic rings. The predicted molar refractivity (Wildman–Crippen MR) is 115 cm³/mol. The van der Waals surface area contributed by atoms with Gasteiger partial charge in [0.1, 0.15) is 12.4 Å². The first-order valence-electron chi connectivity index (χ1n) is 8.67. The van der Waals surface area contributed by atoms with Crippen LogP contribution >= 0.6 is 23.2 Å². The van der Waals surface area contributed by atoms with Gasteiger partial charge in [0.25, 0.3) is 11.6 Å². The molecule has 0 radical (unpaired) electrons. The summed E-state index contributed by atoms with van der Waals surface area (Å²) in [5.41, 5.74) is 3.73. The second-order valence-corrected chi connectivity index (χ2v) is 6.92. The van der Waals surface area contributed by atoms with Gasteiger partial charge < -0.3 is 4.74 Å². The fourth-order valence-corrected chi connectivity index (χ4v) is 2.78. The van der Waals surface area contributed by atoms with Crippen molar-refractivity contribution in [1.82, 2.24) is 5.43 Å². The van der Waals surface area contributed by atoms with Crippen molar-refractivity contribution >= 4 is 41.0 Å². The summed E-state index contributed by atoms with van der Waals surface area (Å²) in [6.07, 6.45) is 1.24. The van der Waals surface area contributed by atoms with Gasteiger partial charge in [-0.1, -0.05) is 47.5 Å². The topological polar surface area (TPSA) is 93.8 Å². The number of para-hydroxylation sites is 1. The van der Waals surface area contributed by atoms with Crippen molar-refractivity contribution in [3.63, 3.8) is 0 Å². The molecule has 0 unspecified atom stereocenters. The molecule has 9 heteroatoms. The van der Waals surface area contributed by atoms with Crippen molar-refractivity contribution in [3.05, 3.63) is 104 Å². The molecule has 0 bridgehead atoms. The zero-order valence-electron chi connectivity index (χ0n) is 15.4. The standard InChI is InChI=1S/C21H15Cl2N3O4/c22-16-7-5-14(6-8-16)13-30-20-4-2-1-3-18(20)21(27)25-24-12-15-11-17(26(28)29)9-10-19(15)23/h1-12H,13H2,(H,25,27)/b24-12-. The molecule has 0 saturated heterocycles. The van der Waals surface area contributed by atoms with Gasteiger partial charge in [0.2, 0.25) is 0 Å². The molecule has 0 aliphatic heterocycles. The van der Waals surface area contributed by atoms with Gasteiger partial charge in [-0.05, 0) is 35.9 Å². The Morgan fingerprint density at radius 3 is 2.57 bits per heavy atom. The maximum Gasteiger partial charge on any atom is 0.275 e. The minimum atomic E-state index is -0.541. The summed E-state index contributed by atoms with van der Waals surface area (Å²) >= 11 is 11.9. The fraction of sp³-hybridized carbons (Fsp3) is 0.0476. The second-order valence-electron chi connectivity index (χ2n) is 6.07. The van der Waals surface area contributed by atoms with Crippen molar-refractivity contribution in [2.75, 3.05) is 0 Å². The first-order valence-corrected chi connectivity index (χ1v) is 9.43. The van der Waals surface area contributed by atoms with Crippen LogP contribution in [-0.4, -0.2) is 17.0 Å². The molecule has 152 valence electrons. The van der Waals surface area contributed by atoms with Gasteiger partial charge in [-0.25, -0.2) is 5.43 Å². The molecule has 30 heavy (non-hydrogen) atoms. The zero-order valence-corrected chi connectivity index (χ0v) is 16.9. The van der Waals surface area contributed by atoms with Crippen LogP contribution in [-0.2, 0) is 6.61 Å². The van der Waals surface area contributed by atoms with Crippen LogP contribution in [0.15, 0.2) is 71.8 Å². The lowest BCUT2D eigenvalue weighted by atomic mass is 10.2. The third-order valence-electron chi connectivity index (χ3n) is 4.00. The van der Waals surface area contributed by atoms with Crippen molar-refractivity contribution in [2.45, 2.75) is 6.61 Å². The van der Waals surface area contributed by atoms with Crippen molar-refractivity contribution < 1.29 is 14.5 Å². The number of hydrogen-bond acceptors (Lipinski definition) is 5. The summed E-state index contributed by atoms with van der Waals surface area (Å²) in [5, 5.41) is 15.6. The molecule has 0 aliphatic rings. The summed E-state index contributed by atoms with van der Waals surface area (Å²) in [4.78, 5) is 22.8. The van der Waals surface area contributed by atoms with Crippen molar-refractivity contribution in [1.29, 1.82) is 0 Å².